The number of aryl methyl sites for hydroxylation is 1. The van der Waals surface area contributed by atoms with Crippen LogP contribution in [0, 0.1) is 12.7 Å². The molecule has 6 nitrogen and oxygen atoms in total. The number of halogens is 2. The maximum Gasteiger partial charge on any atom is 0.252 e. The summed E-state index contributed by atoms with van der Waals surface area (Å²) in [4.78, 5) is 20.7. The Bertz CT molecular complexity index is 994. The van der Waals surface area contributed by atoms with Gasteiger partial charge in [0.15, 0.2) is 0 Å². The average Bonchev–Trinajstić information content (AvgIpc) is 2.83. The molecule has 1 N–H and O–H groups in total. The molecule has 0 saturated heterocycles. The minimum absolute atomic E-state index is 0.158. The molecule has 0 aliphatic carbocycles. The molecule has 1 aliphatic heterocycles. The number of rotatable bonds is 2. The summed E-state index contributed by atoms with van der Waals surface area (Å²) in [6.07, 6.45) is 3.21. The number of nitrogens with zero attached hydrogens (tertiary/aromatic N) is 4. The lowest BCUT2D eigenvalue weighted by Gasteiger charge is -2.16. The highest BCUT2D eigenvalue weighted by molar-refractivity contribution is 8.00. The standard InChI is InChI=1S/C17H13ClFN5OS/c1-9-14-15(11-4-3-10(19)7-12(11)18)26-8-13(25)22-16(14)24(23-9)17-20-5-2-6-21-17/h2-7,15H,8H2,1H3,(H,22,25)/t15-/m1/s1. The van der Waals surface area contributed by atoms with Crippen LogP contribution in [0.2, 0.25) is 5.02 Å². The van der Waals surface area contributed by atoms with E-state index in [0.717, 1.165) is 11.1 Å². The van der Waals surface area contributed by atoms with Crippen molar-refractivity contribution >= 4 is 35.1 Å². The zero-order valence-electron chi connectivity index (χ0n) is 13.6. The molecule has 1 amide bonds. The van der Waals surface area contributed by atoms with Crippen molar-refractivity contribution in [3.63, 3.8) is 0 Å². The molecule has 0 saturated carbocycles. The van der Waals surface area contributed by atoms with Gasteiger partial charge in [-0.1, -0.05) is 17.7 Å². The van der Waals surface area contributed by atoms with Crippen LogP contribution < -0.4 is 5.32 Å². The molecule has 0 spiro atoms. The van der Waals surface area contributed by atoms with Crippen LogP contribution in [0.3, 0.4) is 0 Å². The van der Waals surface area contributed by atoms with Gasteiger partial charge in [-0.15, -0.1) is 11.8 Å². The number of benzene rings is 1. The Morgan fingerprint density at radius 1 is 1.35 bits per heavy atom. The molecule has 1 aromatic carbocycles. The molecule has 0 bridgehead atoms. The normalized spacial score (nSPS) is 16.7. The monoisotopic (exact) mass is 389 g/mol. The number of aromatic nitrogens is 4. The van der Waals surface area contributed by atoms with Crippen molar-refractivity contribution in [1.29, 1.82) is 0 Å². The summed E-state index contributed by atoms with van der Waals surface area (Å²) in [5, 5.41) is 7.43. The van der Waals surface area contributed by atoms with Crippen LogP contribution in [0.1, 0.15) is 22.1 Å². The number of fused-ring (bicyclic) bond motifs is 1. The number of thioether (sulfide) groups is 1. The van der Waals surface area contributed by atoms with Gasteiger partial charge in [0.1, 0.15) is 11.6 Å². The molecule has 0 unspecified atom stereocenters. The SMILES string of the molecule is Cc1nn(-c2ncccn2)c2c1[C@@H](c1ccc(F)cc1Cl)SCC(=O)N2. The number of hydrogen-bond donors (Lipinski definition) is 1. The van der Waals surface area contributed by atoms with E-state index in [0.29, 0.717) is 22.5 Å². The van der Waals surface area contributed by atoms with Crippen LogP contribution in [-0.4, -0.2) is 31.4 Å². The Balaban J connectivity index is 1.91. The predicted octanol–water partition coefficient (Wildman–Crippen LogP) is 3.54. The fourth-order valence-corrected chi connectivity index (χ4v) is 4.45. The number of carbonyl (C=O) groups is 1. The highest BCUT2D eigenvalue weighted by Gasteiger charge is 2.32. The number of nitrogens with one attached hydrogen (secondary N) is 1. The number of carbonyl (C=O) groups excluding carboxylic acids is 1. The fourth-order valence-electron chi connectivity index (χ4n) is 2.89. The van der Waals surface area contributed by atoms with Crippen molar-refractivity contribution in [1.82, 2.24) is 19.7 Å². The van der Waals surface area contributed by atoms with E-state index in [9.17, 15) is 9.18 Å². The Morgan fingerprint density at radius 3 is 2.85 bits per heavy atom. The summed E-state index contributed by atoms with van der Waals surface area (Å²) in [6.45, 7) is 1.85. The second-order valence-electron chi connectivity index (χ2n) is 5.71. The van der Waals surface area contributed by atoms with Crippen LogP contribution >= 0.6 is 23.4 Å². The fraction of sp³-hybridized carbons (Fsp3) is 0.176. The largest absolute Gasteiger partial charge is 0.309 e. The van der Waals surface area contributed by atoms with Gasteiger partial charge in [-0.3, -0.25) is 4.79 Å². The van der Waals surface area contributed by atoms with E-state index in [-0.39, 0.29) is 16.9 Å². The Labute approximate surface area is 157 Å². The molecule has 132 valence electrons. The first-order valence-electron chi connectivity index (χ1n) is 7.78. The highest BCUT2D eigenvalue weighted by Crippen LogP contribution is 2.45. The third-order valence-corrected chi connectivity index (χ3v) is 5.57. The van der Waals surface area contributed by atoms with Crippen LogP contribution in [0.5, 0.6) is 0 Å². The average molecular weight is 390 g/mol. The summed E-state index contributed by atoms with van der Waals surface area (Å²) in [5.74, 6) is 0.537. The van der Waals surface area contributed by atoms with Crippen LogP contribution in [-0.2, 0) is 4.79 Å². The summed E-state index contributed by atoms with van der Waals surface area (Å²) >= 11 is 7.70. The summed E-state index contributed by atoms with van der Waals surface area (Å²) in [5.41, 5.74) is 2.25. The first-order chi connectivity index (χ1) is 12.5. The van der Waals surface area contributed by atoms with Gasteiger partial charge in [-0.25, -0.2) is 14.4 Å². The van der Waals surface area contributed by atoms with E-state index in [4.69, 9.17) is 11.6 Å². The number of hydrogen-bond acceptors (Lipinski definition) is 5. The van der Waals surface area contributed by atoms with Crippen molar-refractivity contribution in [3.05, 3.63) is 64.3 Å². The molecule has 1 atom stereocenters. The summed E-state index contributed by atoms with van der Waals surface area (Å²) < 4.78 is 15.0. The van der Waals surface area contributed by atoms with Crippen molar-refractivity contribution in [3.8, 4) is 5.95 Å². The zero-order valence-corrected chi connectivity index (χ0v) is 15.2. The molecule has 0 radical (unpaired) electrons. The molecule has 3 heterocycles. The quantitative estimate of drug-likeness (QED) is 0.725. The molecule has 2 aromatic heterocycles. The zero-order chi connectivity index (χ0) is 18.3. The van der Waals surface area contributed by atoms with Crippen LogP contribution in [0.4, 0.5) is 10.2 Å². The molecule has 3 aromatic rings. The van der Waals surface area contributed by atoms with Crippen molar-refractivity contribution < 1.29 is 9.18 Å². The third-order valence-electron chi connectivity index (χ3n) is 3.99. The summed E-state index contributed by atoms with van der Waals surface area (Å²) in [7, 11) is 0. The first kappa shape index (κ1) is 17.0. The van der Waals surface area contributed by atoms with Crippen molar-refractivity contribution in [2.24, 2.45) is 0 Å². The second kappa shape index (κ2) is 6.69. The van der Waals surface area contributed by atoms with E-state index in [1.807, 2.05) is 6.92 Å². The molecule has 0 fully saturated rings. The minimum atomic E-state index is -0.406. The maximum atomic E-state index is 13.5. The molecule has 4 rings (SSSR count). The van der Waals surface area contributed by atoms with E-state index in [1.165, 1.54) is 28.6 Å². The van der Waals surface area contributed by atoms with Gasteiger partial charge in [-0.2, -0.15) is 9.78 Å². The number of amides is 1. The molecule has 26 heavy (non-hydrogen) atoms. The lowest BCUT2D eigenvalue weighted by Crippen LogP contribution is -2.16. The van der Waals surface area contributed by atoms with Crippen molar-refractivity contribution in [2.75, 3.05) is 11.1 Å². The Morgan fingerprint density at radius 2 is 2.12 bits per heavy atom. The van der Waals surface area contributed by atoms with Gasteiger partial charge >= 0.3 is 0 Å². The van der Waals surface area contributed by atoms with Crippen molar-refractivity contribution in [2.45, 2.75) is 12.2 Å². The third kappa shape index (κ3) is 2.95. The van der Waals surface area contributed by atoms with E-state index in [2.05, 4.69) is 20.4 Å². The van der Waals surface area contributed by atoms with Gasteiger partial charge in [0.05, 0.1) is 16.7 Å². The lowest BCUT2D eigenvalue weighted by atomic mass is 10.0. The minimum Gasteiger partial charge on any atom is -0.309 e. The smallest absolute Gasteiger partial charge is 0.252 e. The van der Waals surface area contributed by atoms with Gasteiger partial charge in [0, 0.05) is 23.0 Å². The van der Waals surface area contributed by atoms with E-state index in [1.54, 1.807) is 24.5 Å². The second-order valence-corrected chi connectivity index (χ2v) is 7.21. The predicted molar refractivity (Wildman–Crippen MR) is 98.2 cm³/mol. The highest BCUT2D eigenvalue weighted by atomic mass is 35.5. The van der Waals surface area contributed by atoms with Crippen LogP contribution in [0.15, 0.2) is 36.7 Å². The molecule has 9 heteroatoms. The molecule has 1 aliphatic rings. The first-order valence-corrected chi connectivity index (χ1v) is 9.20. The summed E-state index contributed by atoms with van der Waals surface area (Å²) in [6, 6.07) is 5.98. The Kier molecular flexibility index (Phi) is 4.37. The Hall–Kier alpha value is -2.45. The molecular formula is C17H13ClFN5OS. The van der Waals surface area contributed by atoms with E-state index < -0.39 is 5.82 Å². The van der Waals surface area contributed by atoms with Gasteiger partial charge in [-0.05, 0) is 30.7 Å². The van der Waals surface area contributed by atoms with Gasteiger partial charge < -0.3 is 5.32 Å². The van der Waals surface area contributed by atoms with Crippen LogP contribution in [0.25, 0.3) is 5.95 Å². The lowest BCUT2D eigenvalue weighted by molar-refractivity contribution is -0.113. The maximum absolute atomic E-state index is 13.5. The topological polar surface area (TPSA) is 72.7 Å². The van der Waals surface area contributed by atoms with Gasteiger partial charge in [0.25, 0.3) is 5.95 Å². The molecular weight excluding hydrogens is 377 g/mol. The van der Waals surface area contributed by atoms with Gasteiger partial charge in [0.2, 0.25) is 5.91 Å². The van der Waals surface area contributed by atoms with E-state index >= 15 is 0 Å². The number of anilines is 1.